The third kappa shape index (κ3) is 5.10. The molecule has 0 N–H and O–H groups in total. The van der Waals surface area contributed by atoms with Gasteiger partial charge in [0.2, 0.25) is 0 Å². The molecule has 0 heterocycles. The fourth-order valence-electron chi connectivity index (χ4n) is 1.67. The van der Waals surface area contributed by atoms with Crippen molar-refractivity contribution in [2.75, 3.05) is 0 Å². The minimum absolute atomic E-state index is 1.06. The van der Waals surface area contributed by atoms with Gasteiger partial charge >= 0.3 is 0 Å². The van der Waals surface area contributed by atoms with Crippen molar-refractivity contribution in [3.05, 3.63) is 45.4 Å². The summed E-state index contributed by atoms with van der Waals surface area (Å²) in [6.45, 7) is 6.48. The smallest absolute Gasteiger partial charge is 0.0249 e. The van der Waals surface area contributed by atoms with Crippen LogP contribution < -0.4 is 0 Å². The lowest BCUT2D eigenvalue weighted by Crippen LogP contribution is -1.85. The zero-order valence-electron chi connectivity index (χ0n) is 11.5. The van der Waals surface area contributed by atoms with Crippen molar-refractivity contribution in [1.29, 1.82) is 0 Å². The Kier molecular flexibility index (Phi) is 6.83. The maximum absolute atomic E-state index is 3.67. The van der Waals surface area contributed by atoms with E-state index < -0.39 is 0 Å². The zero-order valence-corrected chi connectivity index (χ0v) is 13.1. The van der Waals surface area contributed by atoms with E-state index in [1.165, 1.54) is 15.6 Å². The fraction of sp³-hybridized carbons (Fsp3) is 0.412. The molecule has 0 bridgehead atoms. The van der Waals surface area contributed by atoms with E-state index in [-0.39, 0.29) is 0 Å². The Hall–Kier alpha value is -1.00. The lowest BCUT2D eigenvalue weighted by atomic mass is 10.1. The molecule has 0 radical (unpaired) electrons. The van der Waals surface area contributed by atoms with Crippen molar-refractivity contribution in [3.8, 4) is 11.8 Å². The topological polar surface area (TPSA) is 0 Å². The Morgan fingerprint density at radius 3 is 2.22 bits per heavy atom. The molecule has 1 aromatic rings. The molecule has 96 valence electrons. The minimum Gasteiger partial charge on any atom is -0.0653 e. The van der Waals surface area contributed by atoms with Crippen molar-refractivity contribution in [3.63, 3.8) is 0 Å². The van der Waals surface area contributed by atoms with Crippen molar-refractivity contribution >= 4 is 15.9 Å². The summed E-state index contributed by atoms with van der Waals surface area (Å²) in [5.74, 6) is 6.58. The molecule has 0 saturated carbocycles. The highest BCUT2D eigenvalue weighted by molar-refractivity contribution is 9.11. The second kappa shape index (κ2) is 8.16. The van der Waals surface area contributed by atoms with E-state index in [9.17, 15) is 0 Å². The van der Waals surface area contributed by atoms with Crippen molar-refractivity contribution in [1.82, 2.24) is 0 Å². The summed E-state index contributed by atoms with van der Waals surface area (Å²) in [5.41, 5.74) is 3.61. The summed E-state index contributed by atoms with van der Waals surface area (Å²) in [5, 5.41) is 0. The molecule has 1 rings (SSSR count). The Morgan fingerprint density at radius 2 is 1.67 bits per heavy atom. The molecular weight excluding hydrogens is 284 g/mol. The Labute approximate surface area is 120 Å². The predicted octanol–water partition coefficient (Wildman–Crippen LogP) is 5.60. The Bertz CT molecular complexity index is 455. The molecule has 0 aliphatic heterocycles. The summed E-state index contributed by atoms with van der Waals surface area (Å²) in [6, 6.07) is 8.38. The first-order chi connectivity index (χ1) is 8.67. The van der Waals surface area contributed by atoms with Crippen molar-refractivity contribution in [2.45, 2.75) is 46.5 Å². The molecule has 0 aliphatic rings. The van der Waals surface area contributed by atoms with Gasteiger partial charge in [0.1, 0.15) is 0 Å². The standard InChI is InChI=1S/C17H21Br/c1-4-6-16(17(18)7-5-2)13-12-15-10-8-14(3)9-11-15/h8-11H,4-7H2,1-3H3/b17-16-. The van der Waals surface area contributed by atoms with E-state index in [0.29, 0.717) is 0 Å². The van der Waals surface area contributed by atoms with Crippen LogP contribution >= 0.6 is 15.9 Å². The highest BCUT2D eigenvalue weighted by Gasteiger charge is 1.99. The largest absolute Gasteiger partial charge is 0.0653 e. The highest BCUT2D eigenvalue weighted by atomic mass is 79.9. The van der Waals surface area contributed by atoms with Crippen LogP contribution in [0.1, 0.15) is 50.7 Å². The van der Waals surface area contributed by atoms with Crippen LogP contribution in [0, 0.1) is 18.8 Å². The van der Waals surface area contributed by atoms with Gasteiger partial charge in [-0.25, -0.2) is 0 Å². The average Bonchev–Trinajstić information content (AvgIpc) is 2.36. The third-order valence-corrected chi connectivity index (χ3v) is 3.58. The van der Waals surface area contributed by atoms with Gasteiger partial charge in [-0.1, -0.05) is 72.2 Å². The Morgan fingerprint density at radius 1 is 1.06 bits per heavy atom. The van der Waals surface area contributed by atoms with Crippen LogP contribution in [0.4, 0.5) is 0 Å². The summed E-state index contributed by atoms with van der Waals surface area (Å²) < 4.78 is 1.27. The zero-order chi connectivity index (χ0) is 13.4. The van der Waals surface area contributed by atoms with Gasteiger partial charge in [0.05, 0.1) is 0 Å². The summed E-state index contributed by atoms with van der Waals surface area (Å²) >= 11 is 3.67. The quantitative estimate of drug-likeness (QED) is 0.636. The molecular formula is C17H21Br. The molecule has 0 spiro atoms. The number of aryl methyl sites for hydroxylation is 1. The molecule has 1 aromatic carbocycles. The lowest BCUT2D eigenvalue weighted by Gasteiger charge is -2.02. The van der Waals surface area contributed by atoms with Crippen molar-refractivity contribution < 1.29 is 0 Å². The van der Waals surface area contributed by atoms with Crippen LogP contribution in [0.25, 0.3) is 0 Å². The molecule has 0 aromatic heterocycles. The number of rotatable bonds is 4. The Balaban J connectivity index is 2.91. The van der Waals surface area contributed by atoms with E-state index in [4.69, 9.17) is 0 Å². The number of halogens is 1. The monoisotopic (exact) mass is 304 g/mol. The van der Waals surface area contributed by atoms with E-state index in [0.717, 1.165) is 31.2 Å². The molecule has 18 heavy (non-hydrogen) atoms. The van der Waals surface area contributed by atoms with E-state index in [1.807, 2.05) is 0 Å². The van der Waals surface area contributed by atoms with E-state index >= 15 is 0 Å². The first-order valence-corrected chi connectivity index (χ1v) is 7.42. The molecule has 0 amide bonds. The van der Waals surface area contributed by atoms with Crippen LogP contribution in [-0.2, 0) is 0 Å². The summed E-state index contributed by atoms with van der Waals surface area (Å²) in [4.78, 5) is 0. The van der Waals surface area contributed by atoms with E-state index in [2.05, 4.69) is 72.8 Å². The molecule has 0 nitrogen and oxygen atoms in total. The SMILES string of the molecule is CCC/C(Br)=C(/C#Cc1ccc(C)cc1)CCC. The number of benzene rings is 1. The average molecular weight is 305 g/mol. The first kappa shape index (κ1) is 15.1. The number of hydrogen-bond donors (Lipinski definition) is 0. The normalized spacial score (nSPS) is 11.6. The summed E-state index contributed by atoms with van der Waals surface area (Å²) in [6.07, 6.45) is 4.42. The van der Waals surface area contributed by atoms with Crippen LogP contribution in [0.2, 0.25) is 0 Å². The summed E-state index contributed by atoms with van der Waals surface area (Å²) in [7, 11) is 0. The van der Waals surface area contributed by atoms with Crippen molar-refractivity contribution in [2.24, 2.45) is 0 Å². The second-order valence-electron chi connectivity index (χ2n) is 4.50. The highest BCUT2D eigenvalue weighted by Crippen LogP contribution is 2.21. The number of allylic oxidation sites excluding steroid dienone is 2. The van der Waals surface area contributed by atoms with Gasteiger partial charge in [-0.2, -0.15) is 0 Å². The molecule has 0 saturated heterocycles. The van der Waals surface area contributed by atoms with Gasteiger partial charge in [-0.15, -0.1) is 0 Å². The van der Waals surface area contributed by atoms with Gasteiger partial charge in [-0.05, 0) is 31.9 Å². The minimum atomic E-state index is 1.06. The van der Waals surface area contributed by atoms with Crippen LogP contribution in [0.15, 0.2) is 34.3 Å². The van der Waals surface area contributed by atoms with Gasteiger partial charge in [0, 0.05) is 15.6 Å². The predicted molar refractivity (Wildman–Crippen MR) is 83.8 cm³/mol. The maximum Gasteiger partial charge on any atom is 0.0249 e. The van der Waals surface area contributed by atoms with Crippen LogP contribution in [0.5, 0.6) is 0 Å². The molecule has 0 fully saturated rings. The fourth-order valence-corrected chi connectivity index (χ4v) is 2.36. The molecule has 0 atom stereocenters. The first-order valence-electron chi connectivity index (χ1n) is 6.63. The third-order valence-electron chi connectivity index (χ3n) is 2.71. The second-order valence-corrected chi connectivity index (χ2v) is 5.46. The lowest BCUT2D eigenvalue weighted by molar-refractivity contribution is 0.893. The van der Waals surface area contributed by atoms with Gasteiger partial charge < -0.3 is 0 Å². The number of hydrogen-bond acceptors (Lipinski definition) is 0. The maximum atomic E-state index is 3.67. The van der Waals surface area contributed by atoms with Gasteiger partial charge in [0.15, 0.2) is 0 Å². The molecule has 1 heteroatoms. The van der Waals surface area contributed by atoms with Crippen LogP contribution in [0.3, 0.4) is 0 Å². The molecule has 0 aliphatic carbocycles. The van der Waals surface area contributed by atoms with E-state index in [1.54, 1.807) is 0 Å². The van der Waals surface area contributed by atoms with Gasteiger partial charge in [0.25, 0.3) is 0 Å². The molecule has 0 unspecified atom stereocenters. The van der Waals surface area contributed by atoms with Gasteiger partial charge in [-0.3, -0.25) is 0 Å². The van der Waals surface area contributed by atoms with Crippen LogP contribution in [-0.4, -0.2) is 0 Å².